The molecule has 20 heavy (non-hydrogen) atoms. The normalized spacial score (nSPS) is 14.4. The molecule has 0 atom stereocenters. The van der Waals surface area contributed by atoms with Crippen LogP contribution in [0.5, 0.6) is 5.75 Å². The van der Waals surface area contributed by atoms with Gasteiger partial charge >= 0.3 is 0 Å². The van der Waals surface area contributed by atoms with E-state index in [0.717, 1.165) is 36.6 Å². The first-order valence-corrected chi connectivity index (χ1v) is 7.88. The molecule has 2 N–H and O–H groups in total. The molecular weight excluding hydrogens is 268 g/mol. The first-order valence-electron chi connectivity index (χ1n) is 7.00. The first-order chi connectivity index (χ1) is 9.65. The van der Waals surface area contributed by atoms with E-state index in [0.29, 0.717) is 0 Å². The lowest BCUT2D eigenvalue weighted by Gasteiger charge is -2.30. The number of thiophene rings is 1. The van der Waals surface area contributed by atoms with Crippen molar-refractivity contribution in [2.45, 2.75) is 32.9 Å². The van der Waals surface area contributed by atoms with Crippen molar-refractivity contribution in [3.63, 3.8) is 0 Å². The molecule has 3 nitrogen and oxygen atoms in total. The number of nitrogen functional groups attached to an aromatic ring is 1. The van der Waals surface area contributed by atoms with E-state index in [-0.39, 0.29) is 6.10 Å². The van der Waals surface area contributed by atoms with E-state index in [1.54, 1.807) is 0 Å². The van der Waals surface area contributed by atoms with E-state index < -0.39 is 0 Å². The molecule has 0 spiro atoms. The van der Waals surface area contributed by atoms with E-state index in [2.05, 4.69) is 22.4 Å². The number of hydrogen-bond acceptors (Lipinski definition) is 4. The molecule has 0 saturated heterocycles. The molecule has 1 aliphatic heterocycles. The Morgan fingerprint density at radius 2 is 2.15 bits per heavy atom. The van der Waals surface area contributed by atoms with E-state index in [9.17, 15) is 0 Å². The van der Waals surface area contributed by atoms with Gasteiger partial charge in [-0.25, -0.2) is 0 Å². The molecule has 0 aliphatic carbocycles. The lowest BCUT2D eigenvalue weighted by atomic mass is 10.1. The summed E-state index contributed by atoms with van der Waals surface area (Å²) in [7, 11) is 0. The van der Waals surface area contributed by atoms with Crippen LogP contribution in [0.4, 0.5) is 11.4 Å². The van der Waals surface area contributed by atoms with Gasteiger partial charge in [0.1, 0.15) is 5.75 Å². The van der Waals surface area contributed by atoms with Crippen LogP contribution in [0, 0.1) is 0 Å². The van der Waals surface area contributed by atoms with Gasteiger partial charge in [-0.1, -0.05) is 6.07 Å². The summed E-state index contributed by atoms with van der Waals surface area (Å²) in [6, 6.07) is 8.27. The zero-order chi connectivity index (χ0) is 14.1. The Balaban J connectivity index is 1.88. The fourth-order valence-electron chi connectivity index (χ4n) is 2.62. The molecule has 2 heterocycles. The number of nitrogens with zero attached hydrogens (tertiary/aromatic N) is 1. The summed E-state index contributed by atoms with van der Waals surface area (Å²) in [5, 5.41) is 2.18. The number of para-hydroxylation sites is 1. The van der Waals surface area contributed by atoms with Gasteiger partial charge in [0, 0.05) is 18.0 Å². The van der Waals surface area contributed by atoms with Crippen molar-refractivity contribution in [2.24, 2.45) is 0 Å². The summed E-state index contributed by atoms with van der Waals surface area (Å²) in [4.78, 5) is 3.85. The smallest absolute Gasteiger partial charge is 0.144 e. The summed E-state index contributed by atoms with van der Waals surface area (Å²) in [5.41, 5.74) is 9.55. The highest BCUT2D eigenvalue weighted by molar-refractivity contribution is 7.10. The molecule has 0 radical (unpaired) electrons. The highest BCUT2D eigenvalue weighted by Crippen LogP contribution is 2.36. The van der Waals surface area contributed by atoms with Crippen LogP contribution in [0.15, 0.2) is 29.6 Å². The van der Waals surface area contributed by atoms with Gasteiger partial charge in [-0.15, -0.1) is 11.3 Å². The zero-order valence-electron chi connectivity index (χ0n) is 11.9. The topological polar surface area (TPSA) is 38.5 Å². The maximum absolute atomic E-state index is 6.29. The first kappa shape index (κ1) is 13.3. The highest BCUT2D eigenvalue weighted by atomic mass is 32.1. The van der Waals surface area contributed by atoms with Gasteiger partial charge in [0.05, 0.1) is 17.5 Å². The third-order valence-electron chi connectivity index (χ3n) is 3.55. The predicted molar refractivity (Wildman–Crippen MR) is 85.7 cm³/mol. The minimum Gasteiger partial charge on any atom is -0.489 e. The Bertz CT molecular complexity index is 606. The molecule has 0 bridgehead atoms. The van der Waals surface area contributed by atoms with Crippen molar-refractivity contribution in [2.75, 3.05) is 17.2 Å². The summed E-state index contributed by atoms with van der Waals surface area (Å²) in [6.07, 6.45) is 1.24. The number of benzene rings is 1. The number of nitrogens with two attached hydrogens (primary N) is 1. The maximum atomic E-state index is 6.29. The number of hydrogen-bond donors (Lipinski definition) is 1. The molecule has 3 rings (SSSR count). The van der Waals surface area contributed by atoms with Gasteiger partial charge in [0.15, 0.2) is 0 Å². The van der Waals surface area contributed by atoms with Crippen LogP contribution in [-0.4, -0.2) is 12.6 Å². The molecule has 0 amide bonds. The van der Waals surface area contributed by atoms with Gasteiger partial charge in [0.25, 0.3) is 0 Å². The van der Waals surface area contributed by atoms with Gasteiger partial charge in [-0.05, 0) is 49.4 Å². The molecule has 106 valence electrons. The molecule has 4 heteroatoms. The van der Waals surface area contributed by atoms with Crippen molar-refractivity contribution in [3.8, 4) is 5.75 Å². The Morgan fingerprint density at radius 3 is 2.95 bits per heavy atom. The molecule has 0 unspecified atom stereocenters. The minimum absolute atomic E-state index is 0.136. The van der Waals surface area contributed by atoms with Gasteiger partial charge in [0.2, 0.25) is 0 Å². The van der Waals surface area contributed by atoms with Crippen LogP contribution in [0.2, 0.25) is 0 Å². The second-order valence-electron chi connectivity index (χ2n) is 5.40. The molecule has 1 aliphatic rings. The fraction of sp³-hybridized carbons (Fsp3) is 0.375. The highest BCUT2D eigenvalue weighted by Gasteiger charge is 2.20. The van der Waals surface area contributed by atoms with E-state index in [4.69, 9.17) is 10.5 Å². The summed E-state index contributed by atoms with van der Waals surface area (Å²) < 4.78 is 5.78. The molecule has 0 fully saturated rings. The second-order valence-corrected chi connectivity index (χ2v) is 6.40. The van der Waals surface area contributed by atoms with Crippen LogP contribution in [0.25, 0.3) is 0 Å². The predicted octanol–water partition coefficient (Wildman–Crippen LogP) is 3.68. The third kappa shape index (κ3) is 2.48. The van der Waals surface area contributed by atoms with Crippen molar-refractivity contribution < 1.29 is 4.74 Å². The second kappa shape index (κ2) is 5.37. The summed E-state index contributed by atoms with van der Waals surface area (Å²) >= 11 is 1.86. The Labute approximate surface area is 124 Å². The monoisotopic (exact) mass is 288 g/mol. The van der Waals surface area contributed by atoms with Crippen molar-refractivity contribution in [1.82, 2.24) is 0 Å². The lowest BCUT2D eigenvalue weighted by Crippen LogP contribution is -2.30. The van der Waals surface area contributed by atoms with Crippen molar-refractivity contribution >= 4 is 22.7 Å². The van der Waals surface area contributed by atoms with Crippen LogP contribution >= 0.6 is 11.3 Å². The molecule has 2 aromatic rings. The zero-order valence-corrected chi connectivity index (χ0v) is 12.7. The van der Waals surface area contributed by atoms with Crippen molar-refractivity contribution in [1.29, 1.82) is 0 Å². The standard InChI is InChI=1S/C16H20N2OS/c1-11(2)19-14-5-3-4-13(16(14)17)18-8-6-15-12(10-18)7-9-20-15/h3-5,7,9,11H,6,8,10,17H2,1-2H3. The van der Waals surface area contributed by atoms with Crippen LogP contribution in [0.3, 0.4) is 0 Å². The third-order valence-corrected chi connectivity index (χ3v) is 4.58. The largest absolute Gasteiger partial charge is 0.489 e. The quantitative estimate of drug-likeness (QED) is 0.876. The minimum atomic E-state index is 0.136. The van der Waals surface area contributed by atoms with Crippen molar-refractivity contribution in [3.05, 3.63) is 40.1 Å². The van der Waals surface area contributed by atoms with Gasteiger partial charge in [-0.3, -0.25) is 0 Å². The molecule has 0 saturated carbocycles. The fourth-order valence-corrected chi connectivity index (χ4v) is 3.51. The van der Waals surface area contributed by atoms with E-state index in [1.165, 1.54) is 10.4 Å². The number of rotatable bonds is 3. The average molecular weight is 288 g/mol. The SMILES string of the molecule is CC(C)Oc1cccc(N2CCc3sccc3C2)c1N. The van der Waals surface area contributed by atoms with E-state index >= 15 is 0 Å². The van der Waals surface area contributed by atoms with Gasteiger partial charge in [-0.2, -0.15) is 0 Å². The summed E-state index contributed by atoms with van der Waals surface area (Å²) in [6.45, 7) is 5.99. The van der Waals surface area contributed by atoms with Crippen LogP contribution < -0.4 is 15.4 Å². The Morgan fingerprint density at radius 1 is 1.30 bits per heavy atom. The lowest BCUT2D eigenvalue weighted by molar-refractivity contribution is 0.244. The summed E-state index contributed by atoms with van der Waals surface area (Å²) in [5.74, 6) is 0.786. The maximum Gasteiger partial charge on any atom is 0.144 e. The number of fused-ring (bicyclic) bond motifs is 1. The Kier molecular flexibility index (Phi) is 3.57. The van der Waals surface area contributed by atoms with Gasteiger partial charge < -0.3 is 15.4 Å². The molecule has 1 aromatic heterocycles. The van der Waals surface area contributed by atoms with E-state index in [1.807, 2.05) is 37.3 Å². The average Bonchev–Trinajstić information content (AvgIpc) is 2.88. The molecular formula is C16H20N2OS. The number of anilines is 2. The molecule has 1 aromatic carbocycles. The van der Waals surface area contributed by atoms with Crippen LogP contribution in [0.1, 0.15) is 24.3 Å². The number of ether oxygens (including phenoxy) is 1. The Hall–Kier alpha value is -1.68. The van der Waals surface area contributed by atoms with Crippen LogP contribution in [-0.2, 0) is 13.0 Å².